The standard InChI is InChI=1S/C11H17F3N2O/c12-11(13,14)7-4-2-1-3-6(7)10(17)16-9-5-8(9)15/h6-9H,1-5,15H2,(H,16,17). The number of nitrogens with two attached hydrogens (primary N) is 1. The predicted molar refractivity (Wildman–Crippen MR) is 56.0 cm³/mol. The number of halogens is 3. The van der Waals surface area contributed by atoms with E-state index in [9.17, 15) is 18.0 Å². The molecule has 0 bridgehead atoms. The van der Waals surface area contributed by atoms with Gasteiger partial charge in [-0.05, 0) is 19.3 Å². The number of carbonyl (C=O) groups is 1. The fraction of sp³-hybridized carbons (Fsp3) is 0.909. The van der Waals surface area contributed by atoms with Gasteiger partial charge in [-0.2, -0.15) is 13.2 Å². The summed E-state index contributed by atoms with van der Waals surface area (Å²) in [6.07, 6.45) is -1.95. The molecule has 98 valence electrons. The minimum Gasteiger partial charge on any atom is -0.351 e. The highest BCUT2D eigenvalue weighted by atomic mass is 19.4. The zero-order valence-electron chi connectivity index (χ0n) is 9.46. The first-order valence-electron chi connectivity index (χ1n) is 6.02. The Hall–Kier alpha value is -0.780. The molecule has 0 aromatic rings. The predicted octanol–water partition coefficient (Wildman–Crippen LogP) is 1.57. The van der Waals surface area contributed by atoms with Crippen molar-refractivity contribution in [2.24, 2.45) is 17.6 Å². The molecule has 2 rings (SSSR count). The topological polar surface area (TPSA) is 55.1 Å². The third-order valence-corrected chi connectivity index (χ3v) is 3.69. The molecule has 0 aromatic heterocycles. The quantitative estimate of drug-likeness (QED) is 0.781. The van der Waals surface area contributed by atoms with E-state index in [0.29, 0.717) is 25.7 Å². The zero-order chi connectivity index (χ0) is 12.6. The lowest BCUT2D eigenvalue weighted by Gasteiger charge is -2.32. The van der Waals surface area contributed by atoms with Crippen LogP contribution in [0.2, 0.25) is 0 Å². The highest BCUT2D eigenvalue weighted by Crippen LogP contribution is 2.41. The summed E-state index contributed by atoms with van der Waals surface area (Å²) in [5.41, 5.74) is 5.53. The molecule has 17 heavy (non-hydrogen) atoms. The Labute approximate surface area is 97.9 Å². The average molecular weight is 250 g/mol. The minimum absolute atomic E-state index is 0.0678. The van der Waals surface area contributed by atoms with E-state index < -0.39 is 23.9 Å². The van der Waals surface area contributed by atoms with Gasteiger partial charge in [0.05, 0.1) is 5.92 Å². The Morgan fingerprint density at radius 2 is 1.82 bits per heavy atom. The lowest BCUT2D eigenvalue weighted by molar-refractivity contribution is -0.198. The summed E-state index contributed by atoms with van der Waals surface area (Å²) >= 11 is 0. The molecule has 1 amide bonds. The van der Waals surface area contributed by atoms with Crippen molar-refractivity contribution in [1.29, 1.82) is 0 Å². The van der Waals surface area contributed by atoms with Crippen LogP contribution in [0, 0.1) is 11.8 Å². The Morgan fingerprint density at radius 3 is 2.35 bits per heavy atom. The molecule has 2 fully saturated rings. The number of nitrogens with one attached hydrogen (secondary N) is 1. The van der Waals surface area contributed by atoms with Crippen LogP contribution in [0.4, 0.5) is 13.2 Å². The van der Waals surface area contributed by atoms with Crippen LogP contribution in [0.25, 0.3) is 0 Å². The van der Waals surface area contributed by atoms with Gasteiger partial charge in [0.2, 0.25) is 5.91 Å². The number of hydrogen-bond acceptors (Lipinski definition) is 2. The molecule has 6 heteroatoms. The summed E-state index contributed by atoms with van der Waals surface area (Å²) in [4.78, 5) is 11.8. The number of alkyl halides is 3. The maximum absolute atomic E-state index is 12.8. The summed E-state index contributed by atoms with van der Waals surface area (Å²) in [6.45, 7) is 0. The third kappa shape index (κ3) is 2.91. The average Bonchev–Trinajstić information content (AvgIpc) is 2.93. The molecule has 0 saturated heterocycles. The van der Waals surface area contributed by atoms with Crippen molar-refractivity contribution >= 4 is 5.91 Å². The van der Waals surface area contributed by atoms with E-state index in [1.807, 2.05) is 0 Å². The fourth-order valence-corrected chi connectivity index (χ4v) is 2.51. The third-order valence-electron chi connectivity index (χ3n) is 3.69. The van der Waals surface area contributed by atoms with Crippen LogP contribution >= 0.6 is 0 Å². The molecule has 2 saturated carbocycles. The lowest BCUT2D eigenvalue weighted by Crippen LogP contribution is -2.44. The second-order valence-electron chi connectivity index (χ2n) is 5.05. The Kier molecular flexibility index (Phi) is 3.34. The SMILES string of the molecule is NC1CC1NC(=O)C1CCCCC1C(F)(F)F. The number of rotatable bonds is 2. The van der Waals surface area contributed by atoms with E-state index in [0.717, 1.165) is 0 Å². The van der Waals surface area contributed by atoms with Gasteiger partial charge in [-0.25, -0.2) is 0 Å². The molecule has 3 nitrogen and oxygen atoms in total. The van der Waals surface area contributed by atoms with Crippen LogP contribution in [0.5, 0.6) is 0 Å². The molecule has 4 atom stereocenters. The minimum atomic E-state index is -4.27. The Bertz CT molecular complexity index is 306. The molecule has 0 aromatic carbocycles. The van der Waals surface area contributed by atoms with Crippen LogP contribution in [-0.2, 0) is 4.79 Å². The van der Waals surface area contributed by atoms with Crippen molar-refractivity contribution in [2.45, 2.75) is 50.4 Å². The summed E-state index contributed by atoms with van der Waals surface area (Å²) in [5, 5.41) is 2.61. The maximum Gasteiger partial charge on any atom is 0.392 e. The second kappa shape index (κ2) is 4.48. The lowest BCUT2D eigenvalue weighted by atomic mass is 9.78. The molecule has 0 aliphatic heterocycles. The molecule has 3 N–H and O–H groups in total. The van der Waals surface area contributed by atoms with Gasteiger partial charge in [-0.15, -0.1) is 0 Å². The van der Waals surface area contributed by atoms with E-state index in [-0.39, 0.29) is 18.5 Å². The monoisotopic (exact) mass is 250 g/mol. The van der Waals surface area contributed by atoms with Crippen molar-refractivity contribution in [3.05, 3.63) is 0 Å². The van der Waals surface area contributed by atoms with Crippen molar-refractivity contribution in [2.75, 3.05) is 0 Å². The smallest absolute Gasteiger partial charge is 0.351 e. The van der Waals surface area contributed by atoms with Crippen molar-refractivity contribution < 1.29 is 18.0 Å². The van der Waals surface area contributed by atoms with Gasteiger partial charge in [0, 0.05) is 18.0 Å². The first kappa shape index (κ1) is 12.7. The second-order valence-corrected chi connectivity index (χ2v) is 5.05. The largest absolute Gasteiger partial charge is 0.392 e. The van der Waals surface area contributed by atoms with Crippen molar-refractivity contribution in [3.8, 4) is 0 Å². The maximum atomic E-state index is 12.8. The van der Waals surface area contributed by atoms with Crippen molar-refractivity contribution in [3.63, 3.8) is 0 Å². The fourth-order valence-electron chi connectivity index (χ4n) is 2.51. The van der Waals surface area contributed by atoms with E-state index in [1.165, 1.54) is 0 Å². The van der Waals surface area contributed by atoms with Crippen LogP contribution < -0.4 is 11.1 Å². The van der Waals surface area contributed by atoms with Gasteiger partial charge in [-0.3, -0.25) is 4.79 Å². The first-order valence-corrected chi connectivity index (χ1v) is 6.02. The van der Waals surface area contributed by atoms with Gasteiger partial charge in [0.25, 0.3) is 0 Å². The van der Waals surface area contributed by atoms with Crippen LogP contribution in [-0.4, -0.2) is 24.2 Å². The Balaban J connectivity index is 1.98. The van der Waals surface area contributed by atoms with Gasteiger partial charge in [0.15, 0.2) is 0 Å². The first-order chi connectivity index (χ1) is 7.89. The van der Waals surface area contributed by atoms with Crippen molar-refractivity contribution in [1.82, 2.24) is 5.32 Å². The molecule has 4 unspecified atom stereocenters. The van der Waals surface area contributed by atoms with Crippen LogP contribution in [0.1, 0.15) is 32.1 Å². The summed E-state index contributed by atoms with van der Waals surface area (Å²) in [7, 11) is 0. The van der Waals surface area contributed by atoms with E-state index in [1.54, 1.807) is 0 Å². The van der Waals surface area contributed by atoms with Gasteiger partial charge in [-0.1, -0.05) is 12.8 Å². The summed E-state index contributed by atoms with van der Waals surface area (Å²) < 4.78 is 38.3. The molecule has 0 heterocycles. The number of carbonyl (C=O) groups excluding carboxylic acids is 1. The van der Waals surface area contributed by atoms with Crippen LogP contribution in [0.15, 0.2) is 0 Å². The summed E-state index contributed by atoms with van der Waals surface area (Å²) in [5.74, 6) is -2.87. The van der Waals surface area contributed by atoms with Crippen LogP contribution in [0.3, 0.4) is 0 Å². The number of hydrogen-bond donors (Lipinski definition) is 2. The number of amides is 1. The molecule has 2 aliphatic rings. The highest BCUT2D eigenvalue weighted by molar-refractivity contribution is 5.80. The van der Waals surface area contributed by atoms with E-state index >= 15 is 0 Å². The van der Waals surface area contributed by atoms with Gasteiger partial charge < -0.3 is 11.1 Å². The molecule has 2 aliphatic carbocycles. The zero-order valence-corrected chi connectivity index (χ0v) is 9.46. The van der Waals surface area contributed by atoms with Gasteiger partial charge in [0.1, 0.15) is 0 Å². The van der Waals surface area contributed by atoms with Gasteiger partial charge >= 0.3 is 6.18 Å². The van der Waals surface area contributed by atoms with E-state index in [4.69, 9.17) is 5.73 Å². The molecular weight excluding hydrogens is 233 g/mol. The Morgan fingerprint density at radius 1 is 1.24 bits per heavy atom. The molecular formula is C11H17F3N2O. The van der Waals surface area contributed by atoms with E-state index in [2.05, 4.69) is 5.32 Å². The molecule has 0 radical (unpaired) electrons. The highest BCUT2D eigenvalue weighted by Gasteiger charge is 2.49. The summed E-state index contributed by atoms with van der Waals surface area (Å²) in [6, 6.07) is -0.190. The molecule has 0 spiro atoms. The normalized spacial score (nSPS) is 37.6.